The van der Waals surface area contributed by atoms with Gasteiger partial charge in [0.25, 0.3) is 0 Å². The molecule has 0 heterocycles. The number of rotatable bonds is 6. The monoisotopic (exact) mass is 414 g/mol. The number of hydrogen-bond donors (Lipinski definition) is 1. The first-order valence-corrected chi connectivity index (χ1v) is 13.6. The predicted octanol–water partition coefficient (Wildman–Crippen LogP) is 8.02. The Labute approximate surface area is 187 Å². The van der Waals surface area contributed by atoms with Crippen LogP contribution >= 0.6 is 0 Å². The second-order valence-electron chi connectivity index (χ2n) is 13.0. The molecule has 30 heavy (non-hydrogen) atoms. The van der Waals surface area contributed by atoms with Gasteiger partial charge in [-0.05, 0) is 110 Å². The highest BCUT2D eigenvalue weighted by Crippen LogP contribution is 2.66. The van der Waals surface area contributed by atoms with Gasteiger partial charge in [0.1, 0.15) is 0 Å². The van der Waals surface area contributed by atoms with Crippen molar-refractivity contribution in [3.8, 4) is 0 Å². The van der Waals surface area contributed by atoms with Crippen LogP contribution in [0.5, 0.6) is 0 Å². The Morgan fingerprint density at radius 1 is 1.07 bits per heavy atom. The number of aliphatic hydroxyl groups excluding tert-OH is 1. The topological polar surface area (TPSA) is 20.2 Å². The van der Waals surface area contributed by atoms with Gasteiger partial charge in [-0.2, -0.15) is 0 Å². The van der Waals surface area contributed by atoms with E-state index in [0.29, 0.717) is 10.8 Å². The quantitative estimate of drug-likeness (QED) is 0.436. The summed E-state index contributed by atoms with van der Waals surface area (Å²) >= 11 is 0. The van der Waals surface area contributed by atoms with Crippen LogP contribution in [0.1, 0.15) is 112 Å². The summed E-state index contributed by atoms with van der Waals surface area (Å²) in [6.07, 6.45) is 17.1. The van der Waals surface area contributed by atoms with Crippen LogP contribution in [0.25, 0.3) is 0 Å². The van der Waals surface area contributed by atoms with Gasteiger partial charge in [-0.1, -0.05) is 66.0 Å². The van der Waals surface area contributed by atoms with Gasteiger partial charge in [0.2, 0.25) is 0 Å². The van der Waals surface area contributed by atoms with Crippen molar-refractivity contribution in [2.45, 2.75) is 118 Å². The molecule has 3 fully saturated rings. The van der Waals surface area contributed by atoms with E-state index in [9.17, 15) is 5.11 Å². The largest absolute Gasteiger partial charge is 0.393 e. The molecule has 0 bridgehead atoms. The van der Waals surface area contributed by atoms with Crippen molar-refractivity contribution in [3.05, 3.63) is 11.6 Å². The van der Waals surface area contributed by atoms with Crippen LogP contribution in [0, 0.1) is 52.3 Å². The maximum Gasteiger partial charge on any atom is 0.0577 e. The summed E-state index contributed by atoms with van der Waals surface area (Å²) in [5.41, 5.74) is 2.60. The molecule has 4 rings (SSSR count). The highest BCUT2D eigenvalue weighted by molar-refractivity contribution is 5.25. The Hall–Kier alpha value is -0.300. The molecular weight excluding hydrogens is 364 g/mol. The molecule has 4 aliphatic rings. The Morgan fingerprint density at radius 2 is 1.83 bits per heavy atom. The van der Waals surface area contributed by atoms with Crippen LogP contribution in [0.4, 0.5) is 0 Å². The third-order valence-corrected chi connectivity index (χ3v) is 11.1. The Balaban J connectivity index is 1.45. The molecule has 0 aliphatic heterocycles. The molecule has 0 amide bonds. The van der Waals surface area contributed by atoms with Crippen molar-refractivity contribution in [3.63, 3.8) is 0 Å². The maximum atomic E-state index is 10.2. The van der Waals surface area contributed by atoms with Gasteiger partial charge in [0, 0.05) is 0 Å². The highest BCUT2D eigenvalue weighted by Gasteiger charge is 2.57. The molecule has 3 saturated carbocycles. The molecule has 1 N–H and O–H groups in total. The van der Waals surface area contributed by atoms with Crippen molar-refractivity contribution in [1.82, 2.24) is 0 Å². The van der Waals surface area contributed by atoms with Gasteiger partial charge in [-0.3, -0.25) is 0 Å². The molecule has 0 unspecified atom stereocenters. The fourth-order valence-corrected chi connectivity index (χ4v) is 8.91. The summed E-state index contributed by atoms with van der Waals surface area (Å²) in [4.78, 5) is 0. The first kappa shape index (κ1) is 22.9. The van der Waals surface area contributed by atoms with Gasteiger partial charge in [0.05, 0.1) is 6.10 Å². The minimum absolute atomic E-state index is 0.0794. The van der Waals surface area contributed by atoms with E-state index in [1.165, 1.54) is 57.8 Å². The van der Waals surface area contributed by atoms with Gasteiger partial charge < -0.3 is 5.11 Å². The van der Waals surface area contributed by atoms with Crippen LogP contribution < -0.4 is 0 Å². The summed E-state index contributed by atoms with van der Waals surface area (Å²) in [5.74, 6) is 6.33. The van der Waals surface area contributed by atoms with E-state index >= 15 is 0 Å². The van der Waals surface area contributed by atoms with Crippen molar-refractivity contribution < 1.29 is 5.11 Å². The molecule has 0 radical (unpaired) electrons. The van der Waals surface area contributed by atoms with Crippen LogP contribution in [0.15, 0.2) is 11.6 Å². The summed E-state index contributed by atoms with van der Waals surface area (Å²) in [5, 5.41) is 10.2. The van der Waals surface area contributed by atoms with Crippen molar-refractivity contribution >= 4 is 0 Å². The van der Waals surface area contributed by atoms with E-state index in [0.717, 1.165) is 54.3 Å². The zero-order valence-electron chi connectivity index (χ0n) is 20.9. The lowest BCUT2D eigenvalue weighted by Crippen LogP contribution is -2.49. The summed E-state index contributed by atoms with van der Waals surface area (Å²) in [6.45, 7) is 15.0. The van der Waals surface area contributed by atoms with Crippen LogP contribution in [-0.2, 0) is 0 Å². The zero-order valence-corrected chi connectivity index (χ0v) is 20.9. The first-order chi connectivity index (χ1) is 14.2. The van der Waals surface area contributed by atoms with E-state index in [2.05, 4.69) is 47.6 Å². The van der Waals surface area contributed by atoms with Gasteiger partial charge >= 0.3 is 0 Å². The van der Waals surface area contributed by atoms with E-state index in [1.807, 2.05) is 0 Å². The number of hydrogen-bond acceptors (Lipinski definition) is 1. The Morgan fingerprint density at radius 3 is 2.53 bits per heavy atom. The minimum Gasteiger partial charge on any atom is -0.393 e. The number of allylic oxidation sites excluding steroid dienone is 1. The molecule has 172 valence electrons. The zero-order chi connectivity index (χ0) is 21.7. The molecule has 0 aromatic carbocycles. The number of fused-ring (bicyclic) bond motifs is 5. The van der Waals surface area contributed by atoms with Gasteiger partial charge in [-0.15, -0.1) is 0 Å². The summed E-state index contributed by atoms with van der Waals surface area (Å²) < 4.78 is 0. The van der Waals surface area contributed by atoms with Crippen molar-refractivity contribution in [2.24, 2.45) is 52.3 Å². The standard InChI is InChI=1S/C29H50O/c1-7-21(19(2)3)9-8-20(4)22-16-27-25-11-10-23-17-24(30)12-15-29(23,6)26(25)13-14-28(27,5)18-22/h10,19-22,24-27,30H,7-9,11-18H2,1-6H3/t20-,21-,22-,24-,25-,26+,27+,28-,29+/m1/s1. The lowest BCUT2D eigenvalue weighted by molar-refractivity contribution is -0.0360. The fourth-order valence-electron chi connectivity index (χ4n) is 8.91. The van der Waals surface area contributed by atoms with Gasteiger partial charge in [0.15, 0.2) is 0 Å². The molecule has 0 spiro atoms. The molecule has 0 aromatic heterocycles. The molecule has 0 aromatic rings. The molecular formula is C29H50O. The van der Waals surface area contributed by atoms with Gasteiger partial charge in [-0.25, -0.2) is 0 Å². The SMILES string of the molecule is CC[C@H](CC[C@@H](C)[C@@H]1C[C@H]2[C@@H]3CC=C4C[C@H](O)CC[C@]4(C)[C@H]3CC[C@]2(C)C1)C(C)C. The molecule has 1 heteroatoms. The normalized spacial score (nSPS) is 45.3. The third-order valence-electron chi connectivity index (χ3n) is 11.1. The Kier molecular flexibility index (Phi) is 6.53. The lowest BCUT2D eigenvalue weighted by atomic mass is 9.48. The maximum absolute atomic E-state index is 10.2. The molecule has 0 saturated heterocycles. The number of aliphatic hydroxyl groups is 1. The minimum atomic E-state index is -0.0794. The van der Waals surface area contributed by atoms with Crippen LogP contribution in [0.2, 0.25) is 0 Å². The predicted molar refractivity (Wildman–Crippen MR) is 128 cm³/mol. The Bertz CT molecular complexity index is 634. The average Bonchev–Trinajstić information content (AvgIpc) is 3.06. The van der Waals surface area contributed by atoms with E-state index < -0.39 is 0 Å². The first-order valence-electron chi connectivity index (χ1n) is 13.6. The summed E-state index contributed by atoms with van der Waals surface area (Å²) in [6, 6.07) is 0. The second-order valence-corrected chi connectivity index (χ2v) is 13.0. The van der Waals surface area contributed by atoms with E-state index in [-0.39, 0.29) is 6.10 Å². The smallest absolute Gasteiger partial charge is 0.0577 e. The second kappa shape index (κ2) is 8.57. The van der Waals surface area contributed by atoms with Crippen molar-refractivity contribution in [2.75, 3.05) is 0 Å². The molecule has 4 aliphatic carbocycles. The van der Waals surface area contributed by atoms with Crippen molar-refractivity contribution in [1.29, 1.82) is 0 Å². The third kappa shape index (κ3) is 3.95. The average molecular weight is 415 g/mol. The summed E-state index contributed by atoms with van der Waals surface area (Å²) in [7, 11) is 0. The van der Waals surface area contributed by atoms with Crippen LogP contribution in [0.3, 0.4) is 0 Å². The van der Waals surface area contributed by atoms with Crippen LogP contribution in [-0.4, -0.2) is 11.2 Å². The molecule has 9 atom stereocenters. The lowest BCUT2D eigenvalue weighted by Gasteiger charge is -2.57. The van der Waals surface area contributed by atoms with E-state index in [4.69, 9.17) is 0 Å². The van der Waals surface area contributed by atoms with E-state index in [1.54, 1.807) is 5.57 Å². The molecule has 1 nitrogen and oxygen atoms in total. The fraction of sp³-hybridized carbons (Fsp3) is 0.931. The highest BCUT2D eigenvalue weighted by atomic mass is 16.3.